The Hall–Kier alpha value is -2.70. The van der Waals surface area contributed by atoms with Crippen LogP contribution >= 0.6 is 23.2 Å². The smallest absolute Gasteiger partial charge is 0.320 e. The Balaban J connectivity index is 2.07. The van der Waals surface area contributed by atoms with E-state index in [1.807, 2.05) is 26.0 Å². The third-order valence-corrected chi connectivity index (χ3v) is 7.19. The van der Waals surface area contributed by atoms with E-state index in [1.54, 1.807) is 36.4 Å². The Bertz CT molecular complexity index is 1180. The predicted molar refractivity (Wildman–Crippen MR) is 126 cm³/mol. The molecule has 1 N–H and O–H groups in total. The molecule has 0 aromatic heterocycles. The molecule has 2 aliphatic heterocycles. The molecule has 2 aromatic carbocycles. The van der Waals surface area contributed by atoms with Crippen LogP contribution in [0.25, 0.3) is 0 Å². The zero-order valence-electron chi connectivity index (χ0n) is 18.2. The molecule has 0 saturated carbocycles. The minimum atomic E-state index is -1.63. The van der Waals surface area contributed by atoms with E-state index in [2.05, 4.69) is 5.32 Å². The zero-order valence-corrected chi connectivity index (χ0v) is 19.7. The topological polar surface area (TPSA) is 66.5 Å². The highest BCUT2D eigenvalue weighted by atomic mass is 35.5. The summed E-state index contributed by atoms with van der Waals surface area (Å²) in [7, 11) is 0. The lowest BCUT2D eigenvalue weighted by atomic mass is 9.58. The number of fused-ring (bicyclic) bond motifs is 2. The molecule has 4 rings (SSSR count). The summed E-state index contributed by atoms with van der Waals surface area (Å²) in [5.74, 6) is -1.32. The first kappa shape index (κ1) is 23.5. The molecular formula is C25H23Cl2FN2O3. The molecule has 3 atom stereocenters. The van der Waals surface area contributed by atoms with Crippen molar-refractivity contribution in [1.82, 2.24) is 4.90 Å². The highest BCUT2D eigenvalue weighted by Gasteiger charge is 2.63. The van der Waals surface area contributed by atoms with Gasteiger partial charge in [0.25, 0.3) is 0 Å². The molecule has 2 amide bonds. The molecule has 0 aliphatic carbocycles. The van der Waals surface area contributed by atoms with Crippen molar-refractivity contribution in [3.8, 4) is 0 Å². The Morgan fingerprint density at radius 3 is 2.58 bits per heavy atom. The maximum absolute atomic E-state index is 13.9. The van der Waals surface area contributed by atoms with Crippen molar-refractivity contribution in [2.24, 2.45) is 0 Å². The minimum absolute atomic E-state index is 0.0830. The third kappa shape index (κ3) is 3.75. The highest BCUT2D eigenvalue weighted by Crippen LogP contribution is 2.57. The van der Waals surface area contributed by atoms with Gasteiger partial charge in [-0.1, -0.05) is 60.0 Å². The number of nitrogens with one attached hydrogen (secondary N) is 1. The number of likely N-dealkylation sites (tertiary alicyclic amines) is 1. The molecule has 1 spiro atoms. The van der Waals surface area contributed by atoms with Gasteiger partial charge in [0.1, 0.15) is 12.0 Å². The van der Waals surface area contributed by atoms with Gasteiger partial charge in [-0.2, -0.15) is 4.39 Å². The summed E-state index contributed by atoms with van der Waals surface area (Å²) in [6, 6.07) is 9.71. The number of rotatable bonds is 5. The van der Waals surface area contributed by atoms with Crippen LogP contribution in [-0.4, -0.2) is 35.3 Å². The van der Waals surface area contributed by atoms with Crippen molar-refractivity contribution in [3.05, 3.63) is 75.3 Å². The molecule has 1 saturated heterocycles. The summed E-state index contributed by atoms with van der Waals surface area (Å²) in [6.07, 6.45) is 2.25. The molecule has 172 valence electrons. The predicted octanol–water partition coefficient (Wildman–Crippen LogP) is 5.42. The van der Waals surface area contributed by atoms with Crippen molar-refractivity contribution in [2.45, 2.75) is 44.1 Å². The second kappa shape index (κ2) is 8.92. The van der Waals surface area contributed by atoms with Gasteiger partial charge in [-0.05, 0) is 48.7 Å². The van der Waals surface area contributed by atoms with Gasteiger partial charge in [-0.3, -0.25) is 14.4 Å². The lowest BCUT2D eigenvalue weighted by Crippen LogP contribution is -2.64. The van der Waals surface area contributed by atoms with Crippen LogP contribution in [0.3, 0.4) is 0 Å². The molecule has 1 fully saturated rings. The number of halogens is 3. The standard InChI is InChI=1S/C25H23Cl2FN2O3/c1-3-14(4-2)23-25(18-9-8-17(27)11-20(18)29-24(25)33)19(15-6-5-7-16(26)10-15)12-22(32)30(23)13-21(28)31/h3,5-11,19,23H,4,12-13H2,1-2H3,(H,29,33)/b14-3+/t19-,23+,25-/m0/s1. The second-order valence-electron chi connectivity index (χ2n) is 8.32. The number of allylic oxidation sites excluding steroid dienone is 1. The van der Waals surface area contributed by atoms with Gasteiger partial charge in [0, 0.05) is 28.1 Å². The Kier molecular flexibility index (Phi) is 6.34. The summed E-state index contributed by atoms with van der Waals surface area (Å²) < 4.78 is 13.7. The fraction of sp³-hybridized carbons (Fsp3) is 0.320. The summed E-state index contributed by atoms with van der Waals surface area (Å²) >= 11 is 12.5. The Morgan fingerprint density at radius 2 is 1.94 bits per heavy atom. The molecule has 2 heterocycles. The van der Waals surface area contributed by atoms with Crippen LogP contribution in [0.5, 0.6) is 0 Å². The van der Waals surface area contributed by atoms with E-state index in [9.17, 15) is 18.8 Å². The normalized spacial score (nSPS) is 24.8. The lowest BCUT2D eigenvalue weighted by molar-refractivity contribution is -0.149. The first-order valence-corrected chi connectivity index (χ1v) is 11.5. The molecule has 2 aromatic rings. The Morgan fingerprint density at radius 1 is 1.21 bits per heavy atom. The van der Waals surface area contributed by atoms with E-state index < -0.39 is 35.9 Å². The largest absolute Gasteiger partial charge is 0.325 e. The van der Waals surface area contributed by atoms with Crippen molar-refractivity contribution < 1.29 is 18.8 Å². The number of anilines is 1. The summed E-state index contributed by atoms with van der Waals surface area (Å²) in [5.41, 5.74) is 1.37. The molecule has 0 bridgehead atoms. The number of nitrogens with zero attached hydrogens (tertiary/aromatic N) is 1. The number of carbonyl (C=O) groups is 3. The molecule has 0 radical (unpaired) electrons. The summed E-state index contributed by atoms with van der Waals surface area (Å²) in [5, 5.41) is 3.86. The number of carbonyl (C=O) groups excluding carboxylic acids is 3. The average molecular weight is 489 g/mol. The molecule has 8 heteroatoms. The molecule has 2 aliphatic rings. The van der Waals surface area contributed by atoms with E-state index in [1.165, 1.54) is 4.90 Å². The molecular weight excluding hydrogens is 466 g/mol. The minimum Gasteiger partial charge on any atom is -0.325 e. The number of amides is 2. The van der Waals surface area contributed by atoms with Gasteiger partial charge in [0.2, 0.25) is 11.8 Å². The van der Waals surface area contributed by atoms with Gasteiger partial charge in [0.05, 0.1) is 6.04 Å². The number of benzene rings is 2. The molecule has 5 nitrogen and oxygen atoms in total. The average Bonchev–Trinajstić information content (AvgIpc) is 3.04. The van der Waals surface area contributed by atoms with Gasteiger partial charge in [-0.25, -0.2) is 0 Å². The van der Waals surface area contributed by atoms with Crippen LogP contribution in [0.4, 0.5) is 10.1 Å². The SMILES string of the molecule is C/C=C(\CC)[C@H]1N(CC(=O)F)C(=O)C[C@@H](c2cccc(Cl)c2)[C@]12C(=O)Nc1cc(Cl)ccc12. The maximum Gasteiger partial charge on any atom is 0.320 e. The van der Waals surface area contributed by atoms with E-state index >= 15 is 0 Å². The van der Waals surface area contributed by atoms with Crippen LogP contribution in [0.15, 0.2) is 54.1 Å². The quantitative estimate of drug-likeness (QED) is 0.451. The van der Waals surface area contributed by atoms with E-state index in [-0.39, 0.29) is 12.3 Å². The van der Waals surface area contributed by atoms with E-state index in [4.69, 9.17) is 23.2 Å². The lowest BCUT2D eigenvalue weighted by Gasteiger charge is -2.51. The van der Waals surface area contributed by atoms with Crippen molar-refractivity contribution in [1.29, 1.82) is 0 Å². The number of hydrogen-bond donors (Lipinski definition) is 1. The summed E-state index contributed by atoms with van der Waals surface area (Å²) in [6.45, 7) is 2.99. The summed E-state index contributed by atoms with van der Waals surface area (Å²) in [4.78, 5) is 40.1. The van der Waals surface area contributed by atoms with Crippen molar-refractivity contribution >= 4 is 46.7 Å². The van der Waals surface area contributed by atoms with Crippen molar-refractivity contribution in [2.75, 3.05) is 11.9 Å². The fourth-order valence-electron chi connectivity index (χ4n) is 5.44. The van der Waals surface area contributed by atoms with E-state index in [0.29, 0.717) is 27.7 Å². The molecule has 33 heavy (non-hydrogen) atoms. The van der Waals surface area contributed by atoms with Crippen LogP contribution < -0.4 is 5.32 Å². The fourth-order valence-corrected chi connectivity index (χ4v) is 5.82. The van der Waals surface area contributed by atoms with Gasteiger partial charge in [-0.15, -0.1) is 0 Å². The van der Waals surface area contributed by atoms with Gasteiger partial charge in [0.15, 0.2) is 0 Å². The van der Waals surface area contributed by atoms with E-state index in [0.717, 1.165) is 11.1 Å². The van der Waals surface area contributed by atoms with Crippen LogP contribution in [0, 0.1) is 0 Å². The molecule has 0 unspecified atom stereocenters. The van der Waals surface area contributed by atoms with Crippen LogP contribution in [0.1, 0.15) is 43.7 Å². The van der Waals surface area contributed by atoms with Gasteiger partial charge < -0.3 is 10.2 Å². The van der Waals surface area contributed by atoms with Crippen LogP contribution in [-0.2, 0) is 19.8 Å². The number of hydrogen-bond acceptors (Lipinski definition) is 3. The van der Waals surface area contributed by atoms with Crippen molar-refractivity contribution in [3.63, 3.8) is 0 Å². The maximum atomic E-state index is 13.9. The van der Waals surface area contributed by atoms with Gasteiger partial charge >= 0.3 is 6.04 Å². The zero-order chi connectivity index (χ0) is 23.9. The second-order valence-corrected chi connectivity index (χ2v) is 9.19. The number of piperidine rings is 1. The third-order valence-electron chi connectivity index (χ3n) is 6.72. The van der Waals surface area contributed by atoms with Crippen LogP contribution in [0.2, 0.25) is 10.0 Å². The monoisotopic (exact) mass is 488 g/mol. The Labute approximate surface area is 201 Å². The first-order chi connectivity index (χ1) is 15.7. The highest BCUT2D eigenvalue weighted by molar-refractivity contribution is 6.31. The first-order valence-electron chi connectivity index (χ1n) is 10.7.